The minimum absolute atomic E-state index is 0.0541. The molecule has 1 heterocycles. The molecule has 1 N–H and O–H groups in total. The van der Waals surface area contributed by atoms with Gasteiger partial charge >= 0.3 is 0 Å². The molecular weight excluding hydrogens is 345 g/mol. The SMILES string of the molecule is CCc1cccc(NC(=O)CN2CCN(C(=O)c3ccc(F)cc3)CC2)c1. The van der Waals surface area contributed by atoms with E-state index in [9.17, 15) is 14.0 Å². The molecule has 2 amide bonds. The summed E-state index contributed by atoms with van der Waals surface area (Å²) in [5.74, 6) is -0.510. The zero-order chi connectivity index (χ0) is 19.2. The Labute approximate surface area is 158 Å². The molecule has 0 bridgehead atoms. The number of aryl methyl sites for hydroxylation is 1. The molecule has 1 aliphatic heterocycles. The van der Waals surface area contributed by atoms with Crippen molar-refractivity contribution < 1.29 is 14.0 Å². The van der Waals surface area contributed by atoms with Gasteiger partial charge in [-0.3, -0.25) is 14.5 Å². The number of halogens is 1. The second-order valence-electron chi connectivity index (χ2n) is 6.68. The predicted octanol–water partition coefficient (Wildman–Crippen LogP) is 2.78. The molecule has 6 heteroatoms. The number of nitrogens with one attached hydrogen (secondary N) is 1. The highest BCUT2D eigenvalue weighted by atomic mass is 19.1. The lowest BCUT2D eigenvalue weighted by atomic mass is 10.1. The number of rotatable bonds is 5. The average Bonchev–Trinajstić information content (AvgIpc) is 2.68. The summed E-state index contributed by atoms with van der Waals surface area (Å²) in [6.07, 6.45) is 0.924. The topological polar surface area (TPSA) is 52.7 Å². The van der Waals surface area contributed by atoms with Crippen molar-refractivity contribution in [1.82, 2.24) is 9.80 Å². The average molecular weight is 369 g/mol. The van der Waals surface area contributed by atoms with Crippen molar-refractivity contribution in [2.24, 2.45) is 0 Å². The number of amides is 2. The summed E-state index contributed by atoms with van der Waals surface area (Å²) in [5.41, 5.74) is 2.48. The van der Waals surface area contributed by atoms with E-state index in [0.717, 1.165) is 12.1 Å². The van der Waals surface area contributed by atoms with Gasteiger partial charge in [0, 0.05) is 37.4 Å². The molecule has 0 radical (unpaired) electrons. The van der Waals surface area contributed by atoms with E-state index in [1.165, 1.54) is 29.8 Å². The van der Waals surface area contributed by atoms with Crippen LogP contribution in [0.1, 0.15) is 22.8 Å². The molecule has 2 aromatic carbocycles. The Balaban J connectivity index is 1.48. The molecular formula is C21H24FN3O2. The molecule has 1 aliphatic rings. The van der Waals surface area contributed by atoms with Crippen molar-refractivity contribution in [2.75, 3.05) is 38.0 Å². The fourth-order valence-electron chi connectivity index (χ4n) is 3.16. The van der Waals surface area contributed by atoms with Crippen LogP contribution >= 0.6 is 0 Å². The van der Waals surface area contributed by atoms with Crippen molar-refractivity contribution in [1.29, 1.82) is 0 Å². The quantitative estimate of drug-likeness (QED) is 0.882. The van der Waals surface area contributed by atoms with Crippen molar-refractivity contribution in [3.05, 3.63) is 65.5 Å². The Kier molecular flexibility index (Phi) is 6.19. The van der Waals surface area contributed by atoms with Crippen molar-refractivity contribution in [3.63, 3.8) is 0 Å². The highest BCUT2D eigenvalue weighted by Gasteiger charge is 2.23. The van der Waals surface area contributed by atoms with E-state index in [2.05, 4.69) is 12.2 Å². The summed E-state index contributed by atoms with van der Waals surface area (Å²) in [6.45, 7) is 4.75. The van der Waals surface area contributed by atoms with Crippen molar-refractivity contribution in [2.45, 2.75) is 13.3 Å². The maximum Gasteiger partial charge on any atom is 0.253 e. The smallest absolute Gasteiger partial charge is 0.253 e. The first-order valence-electron chi connectivity index (χ1n) is 9.21. The lowest BCUT2D eigenvalue weighted by molar-refractivity contribution is -0.117. The Bertz CT molecular complexity index is 799. The molecule has 0 aromatic heterocycles. The molecule has 0 spiro atoms. The second-order valence-corrected chi connectivity index (χ2v) is 6.68. The Hall–Kier alpha value is -2.73. The summed E-state index contributed by atoms with van der Waals surface area (Å²) in [6, 6.07) is 13.4. The highest BCUT2D eigenvalue weighted by Crippen LogP contribution is 2.12. The molecule has 0 unspecified atom stereocenters. The Morgan fingerprint density at radius 3 is 2.41 bits per heavy atom. The third kappa shape index (κ3) is 5.14. The Morgan fingerprint density at radius 2 is 1.74 bits per heavy atom. The molecule has 1 saturated heterocycles. The minimum Gasteiger partial charge on any atom is -0.336 e. The van der Waals surface area contributed by atoms with E-state index in [0.29, 0.717) is 38.3 Å². The van der Waals surface area contributed by atoms with E-state index in [4.69, 9.17) is 0 Å². The number of carbonyl (C=O) groups excluding carboxylic acids is 2. The van der Waals surface area contributed by atoms with Crippen LogP contribution in [0, 0.1) is 5.82 Å². The summed E-state index contributed by atoms with van der Waals surface area (Å²) in [7, 11) is 0. The number of piperazine rings is 1. The third-order valence-electron chi connectivity index (χ3n) is 4.74. The van der Waals surface area contributed by atoms with Crippen molar-refractivity contribution in [3.8, 4) is 0 Å². The van der Waals surface area contributed by atoms with Gasteiger partial charge in [-0.1, -0.05) is 19.1 Å². The monoisotopic (exact) mass is 369 g/mol. The number of anilines is 1. The summed E-state index contributed by atoms with van der Waals surface area (Å²) in [4.78, 5) is 28.5. The van der Waals surface area contributed by atoms with Gasteiger partial charge in [0.15, 0.2) is 0 Å². The number of benzene rings is 2. The molecule has 0 aliphatic carbocycles. The van der Waals surface area contributed by atoms with E-state index in [1.807, 2.05) is 29.2 Å². The minimum atomic E-state index is -0.355. The van der Waals surface area contributed by atoms with Crippen LogP contribution in [-0.4, -0.2) is 54.3 Å². The number of carbonyl (C=O) groups is 2. The van der Waals surface area contributed by atoms with E-state index < -0.39 is 0 Å². The molecule has 0 atom stereocenters. The van der Waals surface area contributed by atoms with E-state index >= 15 is 0 Å². The van der Waals surface area contributed by atoms with E-state index in [1.54, 1.807) is 4.90 Å². The van der Waals surface area contributed by atoms with Gasteiger partial charge in [-0.15, -0.1) is 0 Å². The van der Waals surface area contributed by atoms with Crippen molar-refractivity contribution >= 4 is 17.5 Å². The first-order valence-corrected chi connectivity index (χ1v) is 9.21. The van der Waals surface area contributed by atoms with Crippen LogP contribution in [-0.2, 0) is 11.2 Å². The van der Waals surface area contributed by atoms with Gasteiger partial charge in [0.25, 0.3) is 5.91 Å². The molecule has 2 aromatic rings. The Morgan fingerprint density at radius 1 is 1.04 bits per heavy atom. The first kappa shape index (κ1) is 19.0. The van der Waals surface area contributed by atoms with Crippen LogP contribution in [0.15, 0.2) is 48.5 Å². The molecule has 0 saturated carbocycles. The summed E-state index contributed by atoms with van der Waals surface area (Å²) >= 11 is 0. The number of hydrogen-bond donors (Lipinski definition) is 1. The van der Waals surface area contributed by atoms with Crippen LogP contribution < -0.4 is 5.32 Å². The van der Waals surface area contributed by atoms with Gasteiger partial charge in [0.1, 0.15) is 5.82 Å². The molecule has 27 heavy (non-hydrogen) atoms. The second kappa shape index (κ2) is 8.77. The van der Waals surface area contributed by atoms with Gasteiger partial charge in [-0.25, -0.2) is 4.39 Å². The molecule has 142 valence electrons. The fraction of sp³-hybridized carbons (Fsp3) is 0.333. The standard InChI is InChI=1S/C21H24FN3O2/c1-2-16-4-3-5-19(14-16)23-20(26)15-24-10-12-25(13-11-24)21(27)17-6-8-18(22)9-7-17/h3-9,14H,2,10-13,15H2,1H3,(H,23,26). The zero-order valence-electron chi connectivity index (χ0n) is 15.5. The number of nitrogens with zero attached hydrogens (tertiary/aromatic N) is 2. The summed E-state index contributed by atoms with van der Waals surface area (Å²) < 4.78 is 13.0. The first-order chi connectivity index (χ1) is 13.0. The zero-order valence-corrected chi connectivity index (χ0v) is 15.5. The van der Waals surface area contributed by atoms with E-state index in [-0.39, 0.29) is 17.6 Å². The summed E-state index contributed by atoms with van der Waals surface area (Å²) in [5, 5.41) is 2.93. The fourth-order valence-corrected chi connectivity index (χ4v) is 3.16. The van der Waals surface area contributed by atoms with Gasteiger partial charge in [0.2, 0.25) is 5.91 Å². The molecule has 1 fully saturated rings. The maximum atomic E-state index is 13.0. The highest BCUT2D eigenvalue weighted by molar-refractivity contribution is 5.94. The van der Waals surface area contributed by atoms with Gasteiger partial charge in [-0.2, -0.15) is 0 Å². The van der Waals surface area contributed by atoms with Gasteiger partial charge in [0.05, 0.1) is 6.54 Å². The van der Waals surface area contributed by atoms with Crippen LogP contribution in [0.4, 0.5) is 10.1 Å². The maximum absolute atomic E-state index is 13.0. The lowest BCUT2D eigenvalue weighted by Gasteiger charge is -2.34. The van der Waals surface area contributed by atoms with Crippen LogP contribution in [0.3, 0.4) is 0 Å². The van der Waals surface area contributed by atoms with Crippen LogP contribution in [0.2, 0.25) is 0 Å². The van der Waals surface area contributed by atoms with Crippen LogP contribution in [0.25, 0.3) is 0 Å². The predicted molar refractivity (Wildman–Crippen MR) is 103 cm³/mol. The normalized spacial score (nSPS) is 14.8. The van der Waals surface area contributed by atoms with Gasteiger partial charge < -0.3 is 10.2 Å². The van der Waals surface area contributed by atoms with Crippen LogP contribution in [0.5, 0.6) is 0 Å². The van der Waals surface area contributed by atoms with Gasteiger partial charge in [-0.05, 0) is 48.4 Å². The number of hydrogen-bond acceptors (Lipinski definition) is 3. The lowest BCUT2D eigenvalue weighted by Crippen LogP contribution is -2.50. The molecule has 3 rings (SSSR count). The third-order valence-corrected chi connectivity index (χ3v) is 4.74. The largest absolute Gasteiger partial charge is 0.336 e. The molecule has 5 nitrogen and oxygen atoms in total.